The zero-order valence-electron chi connectivity index (χ0n) is 11.8. The maximum absolute atomic E-state index is 12.0. The van der Waals surface area contributed by atoms with Gasteiger partial charge in [0.15, 0.2) is 0 Å². The van der Waals surface area contributed by atoms with Crippen molar-refractivity contribution >= 4 is 23.3 Å². The van der Waals surface area contributed by atoms with Crippen LogP contribution < -0.4 is 15.4 Å². The molecule has 0 aliphatic carbocycles. The SMILES string of the molecule is COc1ccc(Cl)cc1NC(=O)N[C@H](C)c1ccccn1. The van der Waals surface area contributed by atoms with Crippen molar-refractivity contribution < 1.29 is 9.53 Å². The molecule has 0 bridgehead atoms. The third-order valence-corrected chi connectivity index (χ3v) is 3.12. The van der Waals surface area contributed by atoms with E-state index in [1.54, 1.807) is 24.4 Å². The van der Waals surface area contributed by atoms with Crippen LogP contribution in [0.5, 0.6) is 5.75 Å². The summed E-state index contributed by atoms with van der Waals surface area (Å²) in [6, 6.07) is 10.0. The first-order valence-electron chi connectivity index (χ1n) is 6.42. The quantitative estimate of drug-likeness (QED) is 0.906. The van der Waals surface area contributed by atoms with E-state index in [1.165, 1.54) is 7.11 Å². The van der Waals surface area contributed by atoms with Crippen LogP contribution in [0.15, 0.2) is 42.6 Å². The number of hydrogen-bond acceptors (Lipinski definition) is 3. The number of amides is 2. The number of pyridine rings is 1. The van der Waals surface area contributed by atoms with Gasteiger partial charge in [0, 0.05) is 11.2 Å². The number of aromatic nitrogens is 1. The number of ether oxygens (including phenoxy) is 1. The summed E-state index contributed by atoms with van der Waals surface area (Å²) in [4.78, 5) is 16.2. The minimum absolute atomic E-state index is 0.212. The second kappa shape index (κ2) is 6.95. The van der Waals surface area contributed by atoms with E-state index in [9.17, 15) is 4.79 Å². The van der Waals surface area contributed by atoms with Gasteiger partial charge in [-0.1, -0.05) is 17.7 Å². The Hall–Kier alpha value is -2.27. The van der Waals surface area contributed by atoms with Gasteiger partial charge in [-0.05, 0) is 37.3 Å². The summed E-state index contributed by atoms with van der Waals surface area (Å²) in [5.74, 6) is 0.542. The summed E-state index contributed by atoms with van der Waals surface area (Å²) >= 11 is 5.92. The first kappa shape index (κ1) is 15.1. The zero-order chi connectivity index (χ0) is 15.2. The Labute approximate surface area is 128 Å². The number of carbonyl (C=O) groups is 1. The fourth-order valence-electron chi connectivity index (χ4n) is 1.84. The zero-order valence-corrected chi connectivity index (χ0v) is 12.5. The molecule has 110 valence electrons. The molecule has 1 aromatic carbocycles. The molecule has 0 spiro atoms. The van der Waals surface area contributed by atoms with Crippen molar-refractivity contribution in [2.75, 3.05) is 12.4 Å². The van der Waals surface area contributed by atoms with Crippen LogP contribution >= 0.6 is 11.6 Å². The number of rotatable bonds is 4. The van der Waals surface area contributed by atoms with Crippen LogP contribution in [0.4, 0.5) is 10.5 Å². The number of hydrogen-bond donors (Lipinski definition) is 2. The Morgan fingerprint density at radius 1 is 1.33 bits per heavy atom. The smallest absolute Gasteiger partial charge is 0.319 e. The monoisotopic (exact) mass is 305 g/mol. The first-order valence-corrected chi connectivity index (χ1v) is 6.80. The fourth-order valence-corrected chi connectivity index (χ4v) is 2.01. The van der Waals surface area contributed by atoms with Gasteiger partial charge in [0.1, 0.15) is 5.75 Å². The summed E-state index contributed by atoms with van der Waals surface area (Å²) in [6.45, 7) is 1.86. The Bertz CT molecular complexity index is 620. The number of halogens is 1. The number of anilines is 1. The number of nitrogens with zero attached hydrogens (tertiary/aromatic N) is 1. The van der Waals surface area contributed by atoms with Crippen molar-refractivity contribution in [3.05, 3.63) is 53.3 Å². The Kier molecular flexibility index (Phi) is 5.00. The topological polar surface area (TPSA) is 63.2 Å². The van der Waals surface area contributed by atoms with Crippen LogP contribution in [-0.4, -0.2) is 18.1 Å². The van der Waals surface area contributed by atoms with Crippen molar-refractivity contribution in [3.8, 4) is 5.75 Å². The largest absolute Gasteiger partial charge is 0.495 e. The molecule has 1 heterocycles. The van der Waals surface area contributed by atoms with E-state index in [2.05, 4.69) is 15.6 Å². The Balaban J connectivity index is 2.04. The van der Waals surface area contributed by atoms with Crippen LogP contribution in [-0.2, 0) is 0 Å². The molecule has 6 heteroatoms. The number of methoxy groups -OCH3 is 1. The summed E-state index contributed by atoms with van der Waals surface area (Å²) in [5, 5.41) is 6.04. The van der Waals surface area contributed by atoms with Gasteiger partial charge in [-0.15, -0.1) is 0 Å². The lowest BCUT2D eigenvalue weighted by molar-refractivity contribution is 0.249. The summed E-state index contributed by atoms with van der Waals surface area (Å²) in [5.41, 5.74) is 1.29. The molecule has 0 unspecified atom stereocenters. The lowest BCUT2D eigenvalue weighted by Gasteiger charge is -2.15. The highest BCUT2D eigenvalue weighted by atomic mass is 35.5. The van der Waals surface area contributed by atoms with Gasteiger partial charge < -0.3 is 15.4 Å². The number of carbonyl (C=O) groups excluding carboxylic acids is 1. The molecular weight excluding hydrogens is 290 g/mol. The number of benzene rings is 1. The molecule has 0 fully saturated rings. The summed E-state index contributed by atoms with van der Waals surface area (Å²) in [6.07, 6.45) is 1.69. The minimum atomic E-state index is -0.353. The molecule has 2 rings (SSSR count). The third-order valence-electron chi connectivity index (χ3n) is 2.89. The van der Waals surface area contributed by atoms with Crippen molar-refractivity contribution in [3.63, 3.8) is 0 Å². The van der Waals surface area contributed by atoms with Gasteiger partial charge >= 0.3 is 6.03 Å². The number of urea groups is 1. The average Bonchev–Trinajstić information content (AvgIpc) is 2.48. The molecule has 0 aliphatic heterocycles. The molecule has 5 nitrogen and oxygen atoms in total. The van der Waals surface area contributed by atoms with Gasteiger partial charge in [-0.2, -0.15) is 0 Å². The lowest BCUT2D eigenvalue weighted by Crippen LogP contribution is -2.31. The van der Waals surface area contributed by atoms with Crippen LogP contribution in [0.1, 0.15) is 18.7 Å². The normalized spacial score (nSPS) is 11.6. The molecule has 1 aromatic heterocycles. The molecule has 2 N–H and O–H groups in total. The minimum Gasteiger partial charge on any atom is -0.495 e. The highest BCUT2D eigenvalue weighted by Gasteiger charge is 2.12. The second-order valence-electron chi connectivity index (χ2n) is 4.42. The maximum Gasteiger partial charge on any atom is 0.319 e. The summed E-state index contributed by atoms with van der Waals surface area (Å²) < 4.78 is 5.18. The van der Waals surface area contributed by atoms with Crippen LogP contribution in [0.2, 0.25) is 5.02 Å². The van der Waals surface area contributed by atoms with Gasteiger partial charge in [0.05, 0.1) is 24.5 Å². The predicted molar refractivity (Wildman–Crippen MR) is 82.8 cm³/mol. The van der Waals surface area contributed by atoms with Crippen LogP contribution in [0.25, 0.3) is 0 Å². The number of nitrogens with one attached hydrogen (secondary N) is 2. The van der Waals surface area contributed by atoms with Gasteiger partial charge in [0.25, 0.3) is 0 Å². The molecule has 0 saturated heterocycles. The molecule has 1 atom stereocenters. The van der Waals surface area contributed by atoms with Crippen molar-refractivity contribution in [2.24, 2.45) is 0 Å². The highest BCUT2D eigenvalue weighted by molar-refractivity contribution is 6.31. The second-order valence-corrected chi connectivity index (χ2v) is 4.86. The maximum atomic E-state index is 12.0. The molecule has 2 amide bonds. The van der Waals surface area contributed by atoms with E-state index >= 15 is 0 Å². The van der Waals surface area contributed by atoms with Crippen molar-refractivity contribution in [2.45, 2.75) is 13.0 Å². The van der Waals surface area contributed by atoms with Gasteiger partial charge in [-0.3, -0.25) is 4.98 Å². The first-order chi connectivity index (χ1) is 10.1. The van der Waals surface area contributed by atoms with Crippen LogP contribution in [0, 0.1) is 0 Å². The molecule has 0 saturated carbocycles. The highest BCUT2D eigenvalue weighted by Crippen LogP contribution is 2.27. The predicted octanol–water partition coefficient (Wildman–Crippen LogP) is 3.63. The lowest BCUT2D eigenvalue weighted by atomic mass is 10.2. The van der Waals surface area contributed by atoms with E-state index in [4.69, 9.17) is 16.3 Å². The van der Waals surface area contributed by atoms with E-state index in [-0.39, 0.29) is 12.1 Å². The van der Waals surface area contributed by atoms with Crippen LogP contribution in [0.3, 0.4) is 0 Å². The van der Waals surface area contributed by atoms with E-state index in [0.29, 0.717) is 16.5 Å². The van der Waals surface area contributed by atoms with Gasteiger partial charge in [-0.25, -0.2) is 4.79 Å². The standard InChI is InChI=1S/C15H16ClN3O2/c1-10(12-5-3-4-8-17-12)18-15(20)19-13-9-11(16)6-7-14(13)21-2/h3-10H,1-2H3,(H2,18,19,20)/t10-/m1/s1. The molecule has 0 aliphatic rings. The Morgan fingerprint density at radius 2 is 2.14 bits per heavy atom. The van der Waals surface area contributed by atoms with E-state index < -0.39 is 0 Å². The third kappa shape index (κ3) is 4.10. The molecule has 0 radical (unpaired) electrons. The fraction of sp³-hybridized carbons (Fsp3) is 0.200. The molecule has 2 aromatic rings. The van der Waals surface area contributed by atoms with Crippen molar-refractivity contribution in [1.29, 1.82) is 0 Å². The average molecular weight is 306 g/mol. The van der Waals surface area contributed by atoms with Gasteiger partial charge in [0.2, 0.25) is 0 Å². The molecule has 21 heavy (non-hydrogen) atoms. The van der Waals surface area contributed by atoms with Crippen molar-refractivity contribution in [1.82, 2.24) is 10.3 Å². The Morgan fingerprint density at radius 3 is 2.81 bits per heavy atom. The molecular formula is C15H16ClN3O2. The summed E-state index contributed by atoms with van der Waals surface area (Å²) in [7, 11) is 1.53. The van der Waals surface area contributed by atoms with E-state index in [1.807, 2.05) is 25.1 Å². The van der Waals surface area contributed by atoms with E-state index in [0.717, 1.165) is 5.69 Å².